The zero-order valence-corrected chi connectivity index (χ0v) is 18.3. The third kappa shape index (κ3) is 6.80. The van der Waals surface area contributed by atoms with Crippen molar-refractivity contribution in [3.63, 3.8) is 0 Å². The summed E-state index contributed by atoms with van der Waals surface area (Å²) in [5.74, 6) is -0.919. The fraction of sp³-hybridized carbons (Fsp3) is 0.348. The van der Waals surface area contributed by atoms with Gasteiger partial charge in [0, 0.05) is 0 Å². The lowest BCUT2D eigenvalue weighted by Crippen LogP contribution is -2.48. The fourth-order valence-corrected chi connectivity index (χ4v) is 2.76. The molecule has 0 heterocycles. The van der Waals surface area contributed by atoms with E-state index in [0.29, 0.717) is 17.1 Å². The van der Waals surface area contributed by atoms with E-state index in [4.69, 9.17) is 9.47 Å². The Hall–Kier alpha value is -3.42. The Kier molecular flexibility index (Phi) is 8.54. The van der Waals surface area contributed by atoms with Gasteiger partial charge in [0.25, 0.3) is 11.8 Å². The van der Waals surface area contributed by atoms with Crippen LogP contribution >= 0.6 is 0 Å². The highest BCUT2D eigenvalue weighted by atomic mass is 19.1. The summed E-state index contributed by atoms with van der Waals surface area (Å²) in [7, 11) is 1.54. The molecule has 2 aromatic carbocycles. The number of amides is 2. The Morgan fingerprint density at radius 2 is 1.77 bits per heavy atom. The number of hydrogen-bond acceptors (Lipinski definition) is 5. The largest absolute Gasteiger partial charge is 0.493 e. The molecule has 0 aromatic heterocycles. The third-order valence-corrected chi connectivity index (χ3v) is 4.29. The van der Waals surface area contributed by atoms with Crippen LogP contribution in [0.1, 0.15) is 43.6 Å². The van der Waals surface area contributed by atoms with Crippen LogP contribution < -0.4 is 20.2 Å². The lowest BCUT2D eigenvalue weighted by Gasteiger charge is -2.20. The fourth-order valence-electron chi connectivity index (χ4n) is 2.76. The molecule has 2 N–H and O–H groups in total. The van der Waals surface area contributed by atoms with Crippen molar-refractivity contribution in [2.24, 2.45) is 11.0 Å². The van der Waals surface area contributed by atoms with Gasteiger partial charge >= 0.3 is 0 Å². The Labute approximate surface area is 181 Å². The van der Waals surface area contributed by atoms with E-state index in [0.717, 1.165) is 0 Å². The molecule has 2 rings (SSSR count). The molecule has 0 fully saturated rings. The molecule has 2 aromatic rings. The monoisotopic (exact) mass is 429 g/mol. The molecule has 8 heteroatoms. The molecule has 31 heavy (non-hydrogen) atoms. The molecule has 166 valence electrons. The SMILES string of the molecule is COc1cc(/C=N/NC(=O)C(NC(=O)c2ccccc2F)C(C)C)ccc1OC(C)C. The van der Waals surface area contributed by atoms with Gasteiger partial charge in [-0.15, -0.1) is 0 Å². The number of nitrogens with zero attached hydrogens (tertiary/aromatic N) is 1. The predicted molar refractivity (Wildman–Crippen MR) is 117 cm³/mol. The number of hydrazone groups is 1. The predicted octanol–water partition coefficient (Wildman–Crippen LogP) is 3.53. The van der Waals surface area contributed by atoms with Crippen LogP contribution in [0.15, 0.2) is 47.6 Å². The minimum absolute atomic E-state index is 0.000226. The standard InChI is InChI=1S/C23H28FN3O4/c1-14(2)21(26-22(28)17-8-6-7-9-18(17)24)23(29)27-25-13-16-10-11-19(31-15(3)4)20(12-16)30-5/h6-15,21H,1-5H3,(H,26,28)(H,27,29)/b25-13+. The first kappa shape index (κ1) is 23.9. The van der Waals surface area contributed by atoms with Gasteiger partial charge in [-0.2, -0.15) is 5.10 Å². The normalized spacial score (nSPS) is 12.1. The number of hydrogen-bond donors (Lipinski definition) is 2. The Morgan fingerprint density at radius 3 is 2.39 bits per heavy atom. The first-order valence-corrected chi connectivity index (χ1v) is 9.96. The van der Waals surface area contributed by atoms with Crippen molar-refractivity contribution >= 4 is 18.0 Å². The van der Waals surface area contributed by atoms with Gasteiger partial charge < -0.3 is 14.8 Å². The Morgan fingerprint density at radius 1 is 1.06 bits per heavy atom. The lowest BCUT2D eigenvalue weighted by molar-refractivity contribution is -0.123. The minimum Gasteiger partial charge on any atom is -0.493 e. The summed E-state index contributed by atoms with van der Waals surface area (Å²) >= 11 is 0. The molecule has 1 atom stereocenters. The second-order valence-electron chi connectivity index (χ2n) is 7.49. The molecule has 0 saturated carbocycles. The summed E-state index contributed by atoms with van der Waals surface area (Å²) in [6.07, 6.45) is 1.45. The quantitative estimate of drug-likeness (QED) is 0.471. The van der Waals surface area contributed by atoms with Crippen LogP contribution in [0, 0.1) is 11.7 Å². The molecule has 0 aliphatic carbocycles. The van der Waals surface area contributed by atoms with E-state index in [9.17, 15) is 14.0 Å². The van der Waals surface area contributed by atoms with Gasteiger partial charge in [-0.1, -0.05) is 26.0 Å². The van der Waals surface area contributed by atoms with Crippen LogP contribution in [0.25, 0.3) is 0 Å². The molecule has 2 amide bonds. The van der Waals surface area contributed by atoms with Crippen molar-refractivity contribution in [2.75, 3.05) is 7.11 Å². The van der Waals surface area contributed by atoms with Crippen molar-refractivity contribution in [3.8, 4) is 11.5 Å². The third-order valence-electron chi connectivity index (χ3n) is 4.29. The number of ether oxygens (including phenoxy) is 2. The van der Waals surface area contributed by atoms with E-state index in [-0.39, 0.29) is 17.6 Å². The van der Waals surface area contributed by atoms with E-state index in [1.807, 2.05) is 13.8 Å². The number of benzene rings is 2. The van der Waals surface area contributed by atoms with Crippen LogP contribution in [-0.2, 0) is 4.79 Å². The molecular weight excluding hydrogens is 401 g/mol. The smallest absolute Gasteiger partial charge is 0.262 e. The highest BCUT2D eigenvalue weighted by Gasteiger charge is 2.25. The minimum atomic E-state index is -0.888. The Bertz CT molecular complexity index is 944. The van der Waals surface area contributed by atoms with Crippen LogP contribution in [-0.4, -0.2) is 37.3 Å². The molecule has 0 saturated heterocycles. The van der Waals surface area contributed by atoms with Crippen molar-refractivity contribution in [3.05, 3.63) is 59.4 Å². The lowest BCUT2D eigenvalue weighted by atomic mass is 10.0. The highest BCUT2D eigenvalue weighted by molar-refractivity contribution is 5.98. The van der Waals surface area contributed by atoms with Crippen LogP contribution in [0.4, 0.5) is 4.39 Å². The average Bonchev–Trinajstić information content (AvgIpc) is 2.72. The topological polar surface area (TPSA) is 89.0 Å². The number of nitrogens with one attached hydrogen (secondary N) is 2. The summed E-state index contributed by atoms with van der Waals surface area (Å²) in [6.45, 7) is 7.38. The van der Waals surface area contributed by atoms with E-state index < -0.39 is 23.7 Å². The van der Waals surface area contributed by atoms with Crippen molar-refractivity contribution < 1.29 is 23.5 Å². The number of carbonyl (C=O) groups is 2. The van der Waals surface area contributed by atoms with Gasteiger partial charge in [0.05, 0.1) is 25.0 Å². The van der Waals surface area contributed by atoms with Gasteiger partial charge in [-0.25, -0.2) is 9.82 Å². The van der Waals surface area contributed by atoms with Crippen LogP contribution in [0.5, 0.6) is 11.5 Å². The summed E-state index contributed by atoms with van der Waals surface area (Å²) in [5.41, 5.74) is 2.98. The molecule has 7 nitrogen and oxygen atoms in total. The number of rotatable bonds is 9. The van der Waals surface area contributed by atoms with Gasteiger partial charge in [0.2, 0.25) is 0 Å². The van der Waals surface area contributed by atoms with Gasteiger partial charge in [0.15, 0.2) is 11.5 Å². The maximum absolute atomic E-state index is 13.8. The number of halogens is 1. The summed E-state index contributed by atoms with van der Waals surface area (Å²) in [4.78, 5) is 24.9. The van der Waals surface area contributed by atoms with E-state index >= 15 is 0 Å². The summed E-state index contributed by atoms with van der Waals surface area (Å²) < 4.78 is 24.8. The molecule has 0 bridgehead atoms. The molecule has 1 unspecified atom stereocenters. The first-order valence-electron chi connectivity index (χ1n) is 9.96. The van der Waals surface area contributed by atoms with Crippen LogP contribution in [0.3, 0.4) is 0 Å². The molecule has 0 radical (unpaired) electrons. The van der Waals surface area contributed by atoms with Crippen molar-refractivity contribution in [1.29, 1.82) is 0 Å². The average molecular weight is 429 g/mol. The van der Waals surface area contributed by atoms with Gasteiger partial charge in [-0.3, -0.25) is 9.59 Å². The molecule has 0 aliphatic rings. The maximum atomic E-state index is 13.8. The zero-order chi connectivity index (χ0) is 23.0. The van der Waals surface area contributed by atoms with Gasteiger partial charge in [-0.05, 0) is 55.7 Å². The molecular formula is C23H28FN3O4. The zero-order valence-electron chi connectivity index (χ0n) is 18.3. The van der Waals surface area contributed by atoms with Gasteiger partial charge in [0.1, 0.15) is 11.9 Å². The Balaban J connectivity index is 2.05. The van der Waals surface area contributed by atoms with E-state index in [1.165, 1.54) is 31.5 Å². The van der Waals surface area contributed by atoms with Crippen molar-refractivity contribution in [2.45, 2.75) is 39.8 Å². The number of methoxy groups -OCH3 is 1. The summed E-state index contributed by atoms with van der Waals surface area (Å²) in [6, 6.07) is 9.97. The maximum Gasteiger partial charge on any atom is 0.262 e. The second-order valence-corrected chi connectivity index (χ2v) is 7.49. The molecule has 0 spiro atoms. The second kappa shape index (κ2) is 11.1. The van der Waals surface area contributed by atoms with Crippen molar-refractivity contribution in [1.82, 2.24) is 10.7 Å². The highest BCUT2D eigenvalue weighted by Crippen LogP contribution is 2.28. The summed E-state index contributed by atoms with van der Waals surface area (Å²) in [5, 5.41) is 6.53. The van der Waals surface area contributed by atoms with E-state index in [2.05, 4.69) is 15.8 Å². The first-order chi connectivity index (χ1) is 14.7. The number of carbonyl (C=O) groups excluding carboxylic acids is 2. The van der Waals surface area contributed by atoms with E-state index in [1.54, 1.807) is 38.1 Å². The molecule has 0 aliphatic heterocycles. The van der Waals surface area contributed by atoms with Crippen LogP contribution in [0.2, 0.25) is 0 Å².